The number of carbonyl (C=O) groups is 1. The zero-order valence-corrected chi connectivity index (χ0v) is 17.2. The molecule has 0 bridgehead atoms. The highest BCUT2D eigenvalue weighted by atomic mass is 19.1. The lowest BCUT2D eigenvalue weighted by atomic mass is 10.0. The molecule has 29 heavy (non-hydrogen) atoms. The first-order chi connectivity index (χ1) is 13.5. The van der Waals surface area contributed by atoms with Gasteiger partial charge in [-0.05, 0) is 63.9 Å². The largest absolute Gasteiger partial charge is 0.351 e. The fourth-order valence-electron chi connectivity index (χ4n) is 2.65. The Balaban J connectivity index is 2.12. The average molecular weight is 401 g/mol. The van der Waals surface area contributed by atoms with Gasteiger partial charge in [0.1, 0.15) is 5.82 Å². The maximum atomic E-state index is 13.1. The van der Waals surface area contributed by atoms with Gasteiger partial charge in [-0.25, -0.2) is 4.39 Å². The molecule has 0 aliphatic heterocycles. The van der Waals surface area contributed by atoms with Crippen molar-refractivity contribution in [2.75, 3.05) is 0 Å². The van der Waals surface area contributed by atoms with Gasteiger partial charge in [-0.1, -0.05) is 12.1 Å². The molecule has 0 fully saturated rings. The van der Waals surface area contributed by atoms with Crippen molar-refractivity contribution in [1.82, 2.24) is 15.6 Å². The number of halogens is 1. The molecule has 7 nitrogen and oxygen atoms in total. The zero-order chi connectivity index (χ0) is 21.6. The quantitative estimate of drug-likeness (QED) is 0.348. The summed E-state index contributed by atoms with van der Waals surface area (Å²) in [5.41, 5.74) is 14.0. The minimum Gasteiger partial charge on any atom is -0.351 e. The van der Waals surface area contributed by atoms with Crippen molar-refractivity contribution < 1.29 is 9.18 Å². The number of amides is 1. The van der Waals surface area contributed by atoms with Gasteiger partial charge < -0.3 is 22.1 Å². The van der Waals surface area contributed by atoms with Gasteiger partial charge in [0, 0.05) is 29.0 Å². The van der Waals surface area contributed by atoms with Crippen LogP contribution < -0.4 is 22.1 Å². The summed E-state index contributed by atoms with van der Waals surface area (Å²) < 4.78 is 13.1. The van der Waals surface area contributed by atoms with Gasteiger partial charge in [-0.2, -0.15) is 4.99 Å². The van der Waals surface area contributed by atoms with E-state index >= 15 is 0 Å². The lowest BCUT2D eigenvalue weighted by molar-refractivity contribution is 0.100. The van der Waals surface area contributed by atoms with E-state index < -0.39 is 18.1 Å². The first kappa shape index (κ1) is 22.4. The molecule has 0 spiro atoms. The maximum absolute atomic E-state index is 13.1. The van der Waals surface area contributed by atoms with E-state index in [1.807, 2.05) is 20.8 Å². The van der Waals surface area contributed by atoms with E-state index in [1.54, 1.807) is 37.4 Å². The highest BCUT2D eigenvalue weighted by molar-refractivity contribution is 6.02. The summed E-state index contributed by atoms with van der Waals surface area (Å²) in [6, 6.07) is 8.86. The van der Waals surface area contributed by atoms with E-state index in [4.69, 9.17) is 11.5 Å². The predicted molar refractivity (Wildman–Crippen MR) is 113 cm³/mol. The molecule has 0 saturated heterocycles. The number of benzene rings is 1. The summed E-state index contributed by atoms with van der Waals surface area (Å²) >= 11 is 0. The van der Waals surface area contributed by atoms with Gasteiger partial charge in [0.05, 0.1) is 6.17 Å². The van der Waals surface area contributed by atoms with Crippen LogP contribution in [-0.2, 0) is 0 Å². The van der Waals surface area contributed by atoms with Crippen LogP contribution in [0.5, 0.6) is 0 Å². The summed E-state index contributed by atoms with van der Waals surface area (Å²) in [5, 5.41) is 6.18. The van der Waals surface area contributed by atoms with E-state index in [9.17, 15) is 9.18 Å². The molecule has 0 radical (unpaired) electrons. The van der Waals surface area contributed by atoms with E-state index in [0.717, 1.165) is 11.3 Å². The van der Waals surface area contributed by atoms with Crippen LogP contribution in [0.25, 0.3) is 0 Å². The number of hydrogen-bond donors (Lipinski definition) is 4. The Bertz CT molecular complexity index is 860. The maximum Gasteiger partial charge on any atom is 0.280 e. The highest BCUT2D eigenvalue weighted by Crippen LogP contribution is 2.15. The number of pyridine rings is 1. The Kier molecular flexibility index (Phi) is 7.41. The lowest BCUT2D eigenvalue weighted by Crippen LogP contribution is -2.54. The minimum atomic E-state index is -0.573. The average Bonchev–Trinajstić information content (AvgIpc) is 2.60. The van der Waals surface area contributed by atoms with Crippen LogP contribution in [0.3, 0.4) is 0 Å². The van der Waals surface area contributed by atoms with E-state index in [2.05, 4.69) is 20.6 Å². The van der Waals surface area contributed by atoms with Gasteiger partial charge in [-0.3, -0.25) is 9.78 Å². The van der Waals surface area contributed by atoms with Crippen LogP contribution in [0.2, 0.25) is 0 Å². The molecule has 156 valence electrons. The van der Waals surface area contributed by atoms with Crippen LogP contribution in [0.4, 0.5) is 4.39 Å². The summed E-state index contributed by atoms with van der Waals surface area (Å²) in [7, 11) is 0. The van der Waals surface area contributed by atoms with Crippen LogP contribution >= 0.6 is 0 Å². The molecule has 2 aromatic rings. The molecule has 1 aromatic heterocycles. The number of aromatic nitrogens is 1. The van der Waals surface area contributed by atoms with E-state index in [0.29, 0.717) is 12.0 Å². The van der Waals surface area contributed by atoms with Crippen molar-refractivity contribution in [3.63, 3.8) is 0 Å². The second kappa shape index (κ2) is 9.58. The van der Waals surface area contributed by atoms with Crippen molar-refractivity contribution in [3.8, 4) is 0 Å². The normalized spacial score (nSPS) is 14.2. The lowest BCUT2D eigenvalue weighted by Gasteiger charge is -2.27. The number of aryl methyl sites for hydroxylation is 1. The fourth-order valence-corrected chi connectivity index (χ4v) is 2.65. The highest BCUT2D eigenvalue weighted by Gasteiger charge is 2.18. The second-order valence-electron chi connectivity index (χ2n) is 7.97. The minimum absolute atomic E-state index is 0.260. The number of carbonyl (C=O) groups excluding carboxylic acids is 1. The van der Waals surface area contributed by atoms with Crippen molar-refractivity contribution in [3.05, 3.63) is 65.2 Å². The number of aliphatic imine (C=N–C) groups is 1. The predicted octanol–water partition coefficient (Wildman–Crippen LogP) is 2.38. The van der Waals surface area contributed by atoms with Crippen LogP contribution in [0, 0.1) is 12.7 Å². The third-order valence-electron chi connectivity index (χ3n) is 3.98. The molecule has 2 unspecified atom stereocenters. The van der Waals surface area contributed by atoms with Crippen LogP contribution in [0.15, 0.2) is 47.6 Å². The smallest absolute Gasteiger partial charge is 0.280 e. The van der Waals surface area contributed by atoms with Crippen molar-refractivity contribution in [2.24, 2.45) is 16.5 Å². The molecular formula is C21H29FN6O. The summed E-state index contributed by atoms with van der Waals surface area (Å²) in [6.07, 6.45) is 1.35. The number of guanidine groups is 1. The fraction of sp³-hybridized carbons (Fsp3) is 0.381. The van der Waals surface area contributed by atoms with E-state index in [1.165, 1.54) is 12.1 Å². The number of nitrogens with one attached hydrogen (secondary N) is 2. The molecule has 2 atom stereocenters. The first-order valence-electron chi connectivity index (χ1n) is 9.40. The number of nitrogens with two attached hydrogens (primary N) is 2. The number of rotatable bonds is 5. The molecule has 1 amide bonds. The summed E-state index contributed by atoms with van der Waals surface area (Å²) in [6.45, 7) is 7.64. The Morgan fingerprint density at radius 1 is 1.21 bits per heavy atom. The third kappa shape index (κ3) is 7.59. The van der Waals surface area contributed by atoms with Gasteiger partial charge in [-0.15, -0.1) is 0 Å². The molecule has 0 aliphatic rings. The molecule has 2 rings (SSSR count). The number of hydrogen-bond acceptors (Lipinski definition) is 4. The summed E-state index contributed by atoms with van der Waals surface area (Å²) in [5.74, 6) is -0.474. The van der Waals surface area contributed by atoms with E-state index in [-0.39, 0.29) is 17.3 Å². The molecule has 0 aliphatic carbocycles. The standard InChI is InChI=1S/C21H29FN6O/c1-13-11-15(9-10-25-13)19(29)27-20(28-21(2,3)4)26-18(24)12-17(23)14-5-7-16(22)8-6-14/h5-11,17-18H,12,23-24H2,1-4H3,(H2,26,27,28,29). The number of nitrogens with zero attached hydrogens (tertiary/aromatic N) is 2. The Morgan fingerprint density at radius 3 is 2.45 bits per heavy atom. The Morgan fingerprint density at radius 2 is 1.86 bits per heavy atom. The molecule has 1 heterocycles. The molecule has 1 aromatic carbocycles. The topological polar surface area (TPSA) is 118 Å². The SMILES string of the molecule is Cc1cc(C(=O)/N=C(\NC(N)CC(N)c2ccc(F)cc2)NC(C)(C)C)ccn1. The Labute approximate surface area is 170 Å². The monoisotopic (exact) mass is 400 g/mol. The molecule has 8 heteroatoms. The van der Waals surface area contributed by atoms with Crippen molar-refractivity contribution in [1.29, 1.82) is 0 Å². The Hall–Kier alpha value is -2.84. The molecule has 6 N–H and O–H groups in total. The van der Waals surface area contributed by atoms with Gasteiger partial charge in [0.25, 0.3) is 5.91 Å². The zero-order valence-electron chi connectivity index (χ0n) is 17.2. The van der Waals surface area contributed by atoms with Gasteiger partial charge in [0.15, 0.2) is 0 Å². The third-order valence-corrected chi connectivity index (χ3v) is 3.98. The molecular weight excluding hydrogens is 371 g/mol. The first-order valence-corrected chi connectivity index (χ1v) is 9.40. The van der Waals surface area contributed by atoms with Gasteiger partial charge >= 0.3 is 0 Å². The second-order valence-corrected chi connectivity index (χ2v) is 7.97. The van der Waals surface area contributed by atoms with Crippen LogP contribution in [0.1, 0.15) is 54.8 Å². The van der Waals surface area contributed by atoms with Gasteiger partial charge in [0.2, 0.25) is 5.96 Å². The molecule has 0 saturated carbocycles. The van der Waals surface area contributed by atoms with Crippen molar-refractivity contribution in [2.45, 2.75) is 51.9 Å². The van der Waals surface area contributed by atoms with Crippen molar-refractivity contribution >= 4 is 11.9 Å². The van der Waals surface area contributed by atoms with Crippen LogP contribution in [-0.4, -0.2) is 28.6 Å². The summed E-state index contributed by atoms with van der Waals surface area (Å²) in [4.78, 5) is 20.8.